The van der Waals surface area contributed by atoms with Gasteiger partial charge in [0.05, 0.1) is 7.11 Å². The third-order valence-corrected chi connectivity index (χ3v) is 7.23. The Morgan fingerprint density at radius 2 is 1.93 bits per heavy atom. The van der Waals surface area contributed by atoms with Gasteiger partial charge in [-0.3, -0.25) is 4.90 Å². The zero-order valence-corrected chi connectivity index (χ0v) is 19.5. The van der Waals surface area contributed by atoms with Crippen LogP contribution in [-0.2, 0) is 6.54 Å². The van der Waals surface area contributed by atoms with Crippen LogP contribution in [0.15, 0.2) is 41.8 Å². The normalized spacial score (nSPS) is 20.3. The molecular formula is C27H38N2O. The van der Waals surface area contributed by atoms with E-state index in [9.17, 15) is 0 Å². The Kier molecular flexibility index (Phi) is 5.85. The molecule has 1 aromatic rings. The van der Waals surface area contributed by atoms with Crippen molar-refractivity contribution in [3.8, 4) is 5.75 Å². The van der Waals surface area contributed by atoms with E-state index in [4.69, 9.17) is 4.74 Å². The van der Waals surface area contributed by atoms with Gasteiger partial charge in [-0.15, -0.1) is 0 Å². The van der Waals surface area contributed by atoms with Crippen molar-refractivity contribution >= 4 is 5.57 Å². The molecule has 0 amide bonds. The zero-order valence-electron chi connectivity index (χ0n) is 19.5. The van der Waals surface area contributed by atoms with E-state index in [-0.39, 0.29) is 0 Å². The van der Waals surface area contributed by atoms with E-state index in [1.807, 2.05) is 7.11 Å². The highest BCUT2D eigenvalue weighted by Gasteiger charge is 2.39. The average Bonchev–Trinajstić information content (AvgIpc) is 3.64. The largest absolute Gasteiger partial charge is 0.496 e. The van der Waals surface area contributed by atoms with Gasteiger partial charge in [-0.2, -0.15) is 0 Å². The zero-order chi connectivity index (χ0) is 21.5. The summed E-state index contributed by atoms with van der Waals surface area (Å²) in [5, 5.41) is 3.35. The third-order valence-electron chi connectivity index (χ3n) is 7.23. The van der Waals surface area contributed by atoms with Gasteiger partial charge in [0.15, 0.2) is 0 Å². The Balaban J connectivity index is 1.70. The van der Waals surface area contributed by atoms with Crippen LogP contribution in [-0.4, -0.2) is 25.1 Å². The number of ether oxygens (including phenoxy) is 1. The maximum absolute atomic E-state index is 6.00. The third kappa shape index (κ3) is 4.37. The lowest BCUT2D eigenvalue weighted by molar-refractivity contribution is 0.217. The Bertz CT molecular complexity index is 900. The topological polar surface area (TPSA) is 24.5 Å². The van der Waals surface area contributed by atoms with Gasteiger partial charge < -0.3 is 10.1 Å². The second kappa shape index (κ2) is 8.26. The summed E-state index contributed by atoms with van der Waals surface area (Å²) in [7, 11) is 1.83. The second-order valence-electron chi connectivity index (χ2n) is 9.97. The molecule has 3 aliphatic rings. The lowest BCUT2D eigenvalue weighted by Gasteiger charge is -2.28. The van der Waals surface area contributed by atoms with E-state index in [1.54, 1.807) is 0 Å². The molecule has 3 nitrogen and oxygen atoms in total. The number of allylic oxidation sites excluding steroid dienone is 3. The van der Waals surface area contributed by atoms with Crippen molar-refractivity contribution in [2.45, 2.75) is 72.3 Å². The van der Waals surface area contributed by atoms with E-state index < -0.39 is 0 Å². The fourth-order valence-corrected chi connectivity index (χ4v) is 4.70. The van der Waals surface area contributed by atoms with Gasteiger partial charge in [0.1, 0.15) is 5.75 Å². The number of hydrogen-bond acceptors (Lipinski definition) is 3. The molecule has 0 radical (unpaired) electrons. The monoisotopic (exact) mass is 406 g/mol. The van der Waals surface area contributed by atoms with Crippen LogP contribution in [0.1, 0.15) is 82.4 Å². The smallest absolute Gasteiger partial charge is 0.124 e. The second-order valence-corrected chi connectivity index (χ2v) is 9.97. The molecule has 1 aliphatic heterocycles. The molecule has 0 bridgehead atoms. The predicted molar refractivity (Wildman–Crippen MR) is 127 cm³/mol. The summed E-state index contributed by atoms with van der Waals surface area (Å²) < 4.78 is 6.00. The van der Waals surface area contributed by atoms with Crippen molar-refractivity contribution in [2.24, 2.45) is 5.41 Å². The molecule has 0 saturated heterocycles. The maximum Gasteiger partial charge on any atom is 0.124 e. The van der Waals surface area contributed by atoms with Crippen molar-refractivity contribution in [3.05, 3.63) is 58.4 Å². The summed E-state index contributed by atoms with van der Waals surface area (Å²) in [6, 6.07) is 4.69. The quantitative estimate of drug-likeness (QED) is 0.515. The molecule has 0 unspecified atom stereocenters. The van der Waals surface area contributed by atoms with Crippen molar-refractivity contribution in [3.63, 3.8) is 0 Å². The van der Waals surface area contributed by atoms with Gasteiger partial charge in [0, 0.05) is 36.1 Å². The number of rotatable bonds is 9. The lowest BCUT2D eigenvalue weighted by Crippen LogP contribution is -2.30. The summed E-state index contributed by atoms with van der Waals surface area (Å²) in [6.07, 6.45) is 8.64. The highest BCUT2D eigenvalue weighted by Crippen LogP contribution is 2.48. The first-order valence-electron chi connectivity index (χ1n) is 11.6. The van der Waals surface area contributed by atoms with Gasteiger partial charge in [-0.1, -0.05) is 26.5 Å². The molecule has 1 N–H and O–H groups in total. The van der Waals surface area contributed by atoms with Crippen LogP contribution >= 0.6 is 0 Å². The summed E-state index contributed by atoms with van der Waals surface area (Å²) in [4.78, 5) is 2.66. The van der Waals surface area contributed by atoms with E-state index in [1.165, 1.54) is 72.1 Å². The fraction of sp³-hybridized carbons (Fsp3) is 0.556. The molecule has 0 aromatic heterocycles. The maximum atomic E-state index is 6.00. The Hall–Kier alpha value is -2.00. The summed E-state index contributed by atoms with van der Waals surface area (Å²) in [5.74, 6) is 1.73. The summed E-state index contributed by atoms with van der Waals surface area (Å²) in [6.45, 7) is 16.5. The highest BCUT2D eigenvalue weighted by atomic mass is 16.5. The minimum Gasteiger partial charge on any atom is -0.496 e. The minimum atomic E-state index is 0.530. The van der Waals surface area contributed by atoms with Gasteiger partial charge in [-0.05, 0) is 92.2 Å². The molecule has 1 aromatic carbocycles. The SMILES string of the molecule is C=C1NC=C(c2cc(OC)c(CN(CCC)CC3(C)CC3)c(C3CC3)c2)C(C)=C1C. The van der Waals surface area contributed by atoms with Gasteiger partial charge in [0.2, 0.25) is 0 Å². The number of nitrogens with zero attached hydrogens (tertiary/aromatic N) is 1. The van der Waals surface area contributed by atoms with Gasteiger partial charge in [-0.25, -0.2) is 0 Å². The first-order chi connectivity index (χ1) is 14.3. The number of nitrogens with one attached hydrogen (secondary N) is 1. The van der Waals surface area contributed by atoms with Crippen LogP contribution in [0.2, 0.25) is 0 Å². The number of methoxy groups -OCH3 is 1. The molecule has 4 rings (SSSR count). The molecule has 0 spiro atoms. The van der Waals surface area contributed by atoms with Gasteiger partial charge in [0.25, 0.3) is 0 Å². The molecule has 2 fully saturated rings. The highest BCUT2D eigenvalue weighted by molar-refractivity contribution is 5.83. The first-order valence-corrected chi connectivity index (χ1v) is 11.6. The van der Waals surface area contributed by atoms with Crippen LogP contribution in [0.4, 0.5) is 0 Å². The van der Waals surface area contributed by atoms with Crippen molar-refractivity contribution < 1.29 is 4.74 Å². The molecule has 2 aliphatic carbocycles. The molecular weight excluding hydrogens is 368 g/mol. The first kappa shape index (κ1) is 21.2. The Morgan fingerprint density at radius 3 is 2.53 bits per heavy atom. The van der Waals surface area contributed by atoms with Gasteiger partial charge >= 0.3 is 0 Å². The fourth-order valence-electron chi connectivity index (χ4n) is 4.70. The van der Waals surface area contributed by atoms with Crippen LogP contribution in [0.3, 0.4) is 0 Å². The molecule has 0 atom stereocenters. The van der Waals surface area contributed by atoms with Crippen molar-refractivity contribution in [2.75, 3.05) is 20.2 Å². The molecule has 30 heavy (non-hydrogen) atoms. The van der Waals surface area contributed by atoms with E-state index in [2.05, 4.69) is 62.8 Å². The van der Waals surface area contributed by atoms with Crippen LogP contribution in [0.25, 0.3) is 5.57 Å². The predicted octanol–water partition coefficient (Wildman–Crippen LogP) is 6.38. The van der Waals surface area contributed by atoms with E-state index in [0.29, 0.717) is 11.3 Å². The van der Waals surface area contributed by atoms with E-state index >= 15 is 0 Å². The van der Waals surface area contributed by atoms with Crippen molar-refractivity contribution in [1.82, 2.24) is 10.2 Å². The number of hydrogen-bond donors (Lipinski definition) is 1. The van der Waals surface area contributed by atoms with Crippen LogP contribution in [0.5, 0.6) is 5.75 Å². The standard InChI is InChI=1S/C27H38N2O/c1-7-12-29(17-27(5)10-11-27)16-25-23(21-8-9-21)13-22(14-26(25)30-6)24-15-28-20(4)18(2)19(24)3/h13-15,21,28H,4,7-12,16-17H2,1-3,5-6H3. The Labute approximate surface area is 182 Å². The average molecular weight is 407 g/mol. The summed E-state index contributed by atoms with van der Waals surface area (Å²) >= 11 is 0. The summed E-state index contributed by atoms with van der Waals surface area (Å²) in [5.41, 5.74) is 9.47. The Morgan fingerprint density at radius 1 is 1.20 bits per heavy atom. The van der Waals surface area contributed by atoms with Crippen molar-refractivity contribution in [1.29, 1.82) is 0 Å². The molecule has 1 heterocycles. The molecule has 2 saturated carbocycles. The van der Waals surface area contributed by atoms with Crippen LogP contribution in [0, 0.1) is 5.41 Å². The number of benzene rings is 1. The number of dihydropyridines is 1. The lowest BCUT2D eigenvalue weighted by atomic mass is 9.89. The minimum absolute atomic E-state index is 0.530. The molecule has 3 heteroatoms. The van der Waals surface area contributed by atoms with E-state index in [0.717, 1.165) is 24.5 Å². The molecule has 162 valence electrons. The van der Waals surface area contributed by atoms with Crippen LogP contribution < -0.4 is 10.1 Å².